The minimum absolute atomic E-state index is 0.0835. The van der Waals surface area contributed by atoms with E-state index >= 15 is 0 Å². The SMILES string of the molecule is CNc1ccc(N(C)C(=O)CCc2cc[nH]c2)cn1. The normalized spacial score (nSPS) is 10.2. The fourth-order valence-corrected chi connectivity index (χ4v) is 1.81. The van der Waals surface area contributed by atoms with Gasteiger partial charge in [-0.3, -0.25) is 4.79 Å². The number of hydrogen-bond donors (Lipinski definition) is 2. The zero-order valence-electron chi connectivity index (χ0n) is 11.2. The lowest BCUT2D eigenvalue weighted by atomic mass is 10.2. The molecule has 0 saturated carbocycles. The molecule has 100 valence electrons. The number of amides is 1. The topological polar surface area (TPSA) is 61.0 Å². The van der Waals surface area contributed by atoms with Gasteiger partial charge in [-0.15, -0.1) is 0 Å². The zero-order chi connectivity index (χ0) is 13.7. The lowest BCUT2D eigenvalue weighted by Gasteiger charge is -2.17. The van der Waals surface area contributed by atoms with Gasteiger partial charge in [0, 0.05) is 32.9 Å². The van der Waals surface area contributed by atoms with Gasteiger partial charge in [-0.2, -0.15) is 0 Å². The number of H-pyrrole nitrogens is 1. The summed E-state index contributed by atoms with van der Waals surface area (Å²) >= 11 is 0. The van der Waals surface area contributed by atoms with Crippen LogP contribution >= 0.6 is 0 Å². The second-order valence-electron chi connectivity index (χ2n) is 4.32. The maximum Gasteiger partial charge on any atom is 0.227 e. The molecule has 2 aromatic heterocycles. The lowest BCUT2D eigenvalue weighted by Crippen LogP contribution is -2.26. The number of aromatic amines is 1. The number of nitrogens with one attached hydrogen (secondary N) is 2. The maximum absolute atomic E-state index is 12.1. The molecule has 5 nitrogen and oxygen atoms in total. The quantitative estimate of drug-likeness (QED) is 0.862. The van der Waals surface area contributed by atoms with E-state index in [0.29, 0.717) is 6.42 Å². The summed E-state index contributed by atoms with van der Waals surface area (Å²) < 4.78 is 0. The Kier molecular flexibility index (Phi) is 4.18. The van der Waals surface area contributed by atoms with Crippen LogP contribution < -0.4 is 10.2 Å². The average molecular weight is 258 g/mol. The Hall–Kier alpha value is -2.30. The molecule has 0 fully saturated rings. The minimum atomic E-state index is 0.0835. The summed E-state index contributed by atoms with van der Waals surface area (Å²) in [6.07, 6.45) is 6.71. The van der Waals surface area contributed by atoms with E-state index in [1.54, 1.807) is 18.1 Å². The summed E-state index contributed by atoms with van der Waals surface area (Å²) in [7, 11) is 3.59. The van der Waals surface area contributed by atoms with Crippen LogP contribution in [0.25, 0.3) is 0 Å². The molecule has 19 heavy (non-hydrogen) atoms. The Balaban J connectivity index is 1.94. The van der Waals surface area contributed by atoms with Crippen molar-refractivity contribution in [1.29, 1.82) is 0 Å². The number of pyridine rings is 1. The van der Waals surface area contributed by atoms with Gasteiger partial charge in [0.15, 0.2) is 0 Å². The van der Waals surface area contributed by atoms with Gasteiger partial charge in [-0.25, -0.2) is 4.98 Å². The van der Waals surface area contributed by atoms with Gasteiger partial charge in [0.2, 0.25) is 5.91 Å². The second kappa shape index (κ2) is 6.04. The standard InChI is InChI=1S/C14H18N4O/c1-15-13-5-4-12(10-17-13)18(2)14(19)6-3-11-7-8-16-9-11/h4-5,7-10,16H,3,6H2,1-2H3,(H,15,17). The van der Waals surface area contributed by atoms with Gasteiger partial charge >= 0.3 is 0 Å². The maximum atomic E-state index is 12.1. The summed E-state index contributed by atoms with van der Waals surface area (Å²) in [5.41, 5.74) is 1.95. The van der Waals surface area contributed by atoms with Crippen molar-refractivity contribution in [3.8, 4) is 0 Å². The fourth-order valence-electron chi connectivity index (χ4n) is 1.81. The third-order valence-corrected chi connectivity index (χ3v) is 3.06. The number of rotatable bonds is 5. The number of nitrogens with zero attached hydrogens (tertiary/aromatic N) is 2. The molecule has 0 spiro atoms. The predicted molar refractivity (Wildman–Crippen MR) is 76.3 cm³/mol. The molecule has 2 heterocycles. The molecule has 0 aliphatic heterocycles. The molecule has 0 radical (unpaired) electrons. The first kappa shape index (κ1) is 13.1. The lowest BCUT2D eigenvalue weighted by molar-refractivity contribution is -0.118. The molecule has 2 aromatic rings. The Morgan fingerprint density at radius 2 is 2.26 bits per heavy atom. The van der Waals surface area contributed by atoms with Gasteiger partial charge in [0.25, 0.3) is 0 Å². The van der Waals surface area contributed by atoms with E-state index in [9.17, 15) is 4.79 Å². The summed E-state index contributed by atoms with van der Waals surface area (Å²) in [5, 5.41) is 2.95. The van der Waals surface area contributed by atoms with Gasteiger partial charge in [-0.1, -0.05) is 0 Å². The first-order valence-corrected chi connectivity index (χ1v) is 6.22. The van der Waals surface area contributed by atoms with Crippen molar-refractivity contribution in [2.45, 2.75) is 12.8 Å². The van der Waals surface area contributed by atoms with Crippen molar-refractivity contribution in [3.63, 3.8) is 0 Å². The summed E-state index contributed by atoms with van der Waals surface area (Å²) in [5.74, 6) is 0.872. The first-order chi connectivity index (χ1) is 9.20. The predicted octanol–water partition coefficient (Wildman–Crippen LogP) is 2.05. The average Bonchev–Trinajstić information content (AvgIpc) is 2.97. The molecule has 2 rings (SSSR count). The molecule has 0 bridgehead atoms. The number of aryl methyl sites for hydroxylation is 1. The molecule has 0 aromatic carbocycles. The van der Waals surface area contributed by atoms with Crippen molar-refractivity contribution in [3.05, 3.63) is 42.4 Å². The highest BCUT2D eigenvalue weighted by atomic mass is 16.2. The van der Waals surface area contributed by atoms with E-state index < -0.39 is 0 Å². The van der Waals surface area contributed by atoms with Crippen molar-refractivity contribution in [2.24, 2.45) is 0 Å². The minimum Gasteiger partial charge on any atom is -0.373 e. The van der Waals surface area contributed by atoms with Crippen molar-refractivity contribution in [1.82, 2.24) is 9.97 Å². The fraction of sp³-hybridized carbons (Fsp3) is 0.286. The number of carbonyl (C=O) groups excluding carboxylic acids is 1. The highest BCUT2D eigenvalue weighted by Crippen LogP contribution is 2.15. The summed E-state index contributed by atoms with van der Waals surface area (Å²) in [4.78, 5) is 20.9. The largest absolute Gasteiger partial charge is 0.373 e. The highest BCUT2D eigenvalue weighted by molar-refractivity contribution is 5.92. The van der Waals surface area contributed by atoms with Crippen molar-refractivity contribution < 1.29 is 4.79 Å². The van der Waals surface area contributed by atoms with Crippen LogP contribution in [0.4, 0.5) is 11.5 Å². The molecule has 5 heteroatoms. The van der Waals surface area contributed by atoms with Crippen LogP contribution in [0, 0.1) is 0 Å². The molecule has 0 aliphatic rings. The highest BCUT2D eigenvalue weighted by Gasteiger charge is 2.11. The van der Waals surface area contributed by atoms with Crippen LogP contribution in [0.1, 0.15) is 12.0 Å². The molecule has 0 aliphatic carbocycles. The number of hydrogen-bond acceptors (Lipinski definition) is 3. The third-order valence-electron chi connectivity index (χ3n) is 3.06. The van der Waals surface area contributed by atoms with Crippen LogP contribution in [0.5, 0.6) is 0 Å². The molecular formula is C14H18N4O. The van der Waals surface area contributed by atoms with E-state index in [1.807, 2.05) is 37.6 Å². The second-order valence-corrected chi connectivity index (χ2v) is 4.32. The van der Waals surface area contributed by atoms with Crippen LogP contribution in [0.15, 0.2) is 36.8 Å². The Morgan fingerprint density at radius 1 is 1.42 bits per heavy atom. The smallest absolute Gasteiger partial charge is 0.227 e. The Bertz CT molecular complexity index is 519. The van der Waals surface area contributed by atoms with Crippen LogP contribution in [-0.2, 0) is 11.2 Å². The summed E-state index contributed by atoms with van der Waals surface area (Å²) in [6, 6.07) is 5.72. The Labute approximate surface area is 112 Å². The van der Waals surface area contributed by atoms with E-state index in [1.165, 1.54) is 0 Å². The van der Waals surface area contributed by atoms with E-state index in [4.69, 9.17) is 0 Å². The van der Waals surface area contributed by atoms with E-state index in [2.05, 4.69) is 15.3 Å². The summed E-state index contributed by atoms with van der Waals surface area (Å²) in [6.45, 7) is 0. The molecule has 1 amide bonds. The number of carbonyl (C=O) groups is 1. The van der Waals surface area contributed by atoms with Gasteiger partial charge < -0.3 is 15.2 Å². The van der Waals surface area contributed by atoms with Crippen LogP contribution in [0.3, 0.4) is 0 Å². The monoisotopic (exact) mass is 258 g/mol. The van der Waals surface area contributed by atoms with Crippen LogP contribution in [-0.4, -0.2) is 30.0 Å². The number of anilines is 2. The molecule has 0 unspecified atom stereocenters. The molecular weight excluding hydrogens is 240 g/mol. The van der Waals surface area contributed by atoms with Crippen molar-refractivity contribution in [2.75, 3.05) is 24.3 Å². The number of aromatic nitrogens is 2. The van der Waals surface area contributed by atoms with E-state index in [0.717, 1.165) is 23.5 Å². The molecule has 0 atom stereocenters. The zero-order valence-corrected chi connectivity index (χ0v) is 11.2. The van der Waals surface area contributed by atoms with Gasteiger partial charge in [-0.05, 0) is 30.2 Å². The molecule has 0 saturated heterocycles. The van der Waals surface area contributed by atoms with Gasteiger partial charge in [0.1, 0.15) is 5.82 Å². The first-order valence-electron chi connectivity index (χ1n) is 6.22. The third kappa shape index (κ3) is 3.34. The van der Waals surface area contributed by atoms with Crippen molar-refractivity contribution >= 4 is 17.4 Å². The molecule has 2 N–H and O–H groups in total. The van der Waals surface area contributed by atoms with Crippen LogP contribution in [0.2, 0.25) is 0 Å². The Morgan fingerprint density at radius 3 is 2.84 bits per heavy atom. The van der Waals surface area contributed by atoms with E-state index in [-0.39, 0.29) is 5.91 Å². The van der Waals surface area contributed by atoms with Gasteiger partial charge in [0.05, 0.1) is 11.9 Å².